The Labute approximate surface area is 137 Å². The smallest absolute Gasteiger partial charge is 0.306 e. The number of ether oxygens (including phenoxy) is 1. The number of amides is 1. The Bertz CT molecular complexity index is 497. The molecule has 0 aromatic carbocycles. The number of aliphatic carboxylic acids is 1. The maximum Gasteiger partial charge on any atom is 0.306 e. The maximum atomic E-state index is 12.5. The topological polar surface area (TPSA) is 75.6 Å². The highest BCUT2D eigenvalue weighted by Gasteiger charge is 2.51. The van der Waals surface area contributed by atoms with Crippen LogP contribution in [0.5, 0.6) is 0 Å². The van der Waals surface area contributed by atoms with Gasteiger partial charge in [0.2, 0.25) is 5.91 Å². The third kappa shape index (κ3) is 3.00. The van der Waals surface area contributed by atoms with Crippen molar-refractivity contribution >= 4 is 11.9 Å². The van der Waals surface area contributed by atoms with E-state index in [2.05, 4.69) is 5.32 Å². The van der Waals surface area contributed by atoms with E-state index in [0.717, 1.165) is 25.7 Å². The van der Waals surface area contributed by atoms with Crippen LogP contribution in [0.4, 0.5) is 0 Å². The summed E-state index contributed by atoms with van der Waals surface area (Å²) in [6.07, 6.45) is 10.1. The van der Waals surface area contributed by atoms with Gasteiger partial charge in [-0.25, -0.2) is 0 Å². The first-order valence-electron chi connectivity index (χ1n) is 9.17. The first-order chi connectivity index (χ1) is 11.0. The van der Waals surface area contributed by atoms with Crippen molar-refractivity contribution in [2.24, 2.45) is 17.3 Å². The second-order valence-electron chi connectivity index (χ2n) is 8.45. The van der Waals surface area contributed by atoms with Crippen LogP contribution < -0.4 is 5.32 Å². The van der Waals surface area contributed by atoms with Gasteiger partial charge in [0.15, 0.2) is 0 Å². The molecule has 4 rings (SSSR count). The monoisotopic (exact) mass is 321 g/mol. The van der Waals surface area contributed by atoms with Crippen LogP contribution in [-0.4, -0.2) is 35.2 Å². The van der Waals surface area contributed by atoms with Crippen LogP contribution in [-0.2, 0) is 14.3 Å². The highest BCUT2D eigenvalue weighted by Crippen LogP contribution is 2.57. The molecule has 1 aliphatic heterocycles. The van der Waals surface area contributed by atoms with Crippen molar-refractivity contribution in [1.29, 1.82) is 0 Å². The quantitative estimate of drug-likeness (QED) is 0.837. The Kier molecular flexibility index (Phi) is 3.67. The predicted octanol–water partition coefficient (Wildman–Crippen LogP) is 2.49. The normalized spacial score (nSPS) is 34.8. The Morgan fingerprint density at radius 1 is 0.957 bits per heavy atom. The molecular weight excluding hydrogens is 294 g/mol. The first-order valence-corrected chi connectivity index (χ1v) is 9.17. The van der Waals surface area contributed by atoms with Crippen molar-refractivity contribution in [2.45, 2.75) is 75.9 Å². The Morgan fingerprint density at radius 3 is 2.26 bits per heavy atom. The summed E-state index contributed by atoms with van der Waals surface area (Å²) in [5.41, 5.74) is 0.335. The lowest BCUT2D eigenvalue weighted by molar-refractivity contribution is -0.182. The molecule has 2 N–H and O–H groups in total. The summed E-state index contributed by atoms with van der Waals surface area (Å²) in [5.74, 6) is -0.580. The molecule has 3 saturated carbocycles. The van der Waals surface area contributed by atoms with Crippen LogP contribution in [0.15, 0.2) is 0 Å². The van der Waals surface area contributed by atoms with Crippen LogP contribution in [0.2, 0.25) is 0 Å². The molecular formula is C18H27NO4. The van der Waals surface area contributed by atoms with E-state index in [1.54, 1.807) is 0 Å². The van der Waals surface area contributed by atoms with Gasteiger partial charge in [-0.3, -0.25) is 9.59 Å². The maximum absolute atomic E-state index is 12.5. The molecule has 0 bridgehead atoms. The molecule has 23 heavy (non-hydrogen) atoms. The van der Waals surface area contributed by atoms with Crippen molar-refractivity contribution in [2.75, 3.05) is 6.61 Å². The standard InChI is InChI=1S/C18H27NO4/c20-15(12-1-4-17(5-2-12)6-7-17)19-14-3-8-23-18(11-14)9-13(10-18)16(21)22/h12-14H,1-11H2,(H,19,20)(H,21,22). The third-order valence-corrected chi connectivity index (χ3v) is 6.80. The van der Waals surface area contributed by atoms with Crippen molar-refractivity contribution in [1.82, 2.24) is 5.32 Å². The third-order valence-electron chi connectivity index (χ3n) is 6.80. The highest BCUT2D eigenvalue weighted by molar-refractivity contribution is 5.79. The van der Waals surface area contributed by atoms with Crippen LogP contribution in [0.25, 0.3) is 0 Å². The highest BCUT2D eigenvalue weighted by atomic mass is 16.5. The van der Waals surface area contributed by atoms with Crippen molar-refractivity contribution < 1.29 is 19.4 Å². The number of hydrogen-bond donors (Lipinski definition) is 2. The van der Waals surface area contributed by atoms with Gasteiger partial charge in [-0.15, -0.1) is 0 Å². The van der Waals surface area contributed by atoms with Crippen molar-refractivity contribution in [3.05, 3.63) is 0 Å². The van der Waals surface area contributed by atoms with E-state index in [9.17, 15) is 9.59 Å². The van der Waals surface area contributed by atoms with E-state index in [0.29, 0.717) is 24.9 Å². The van der Waals surface area contributed by atoms with Crippen molar-refractivity contribution in [3.63, 3.8) is 0 Å². The largest absolute Gasteiger partial charge is 0.481 e. The minimum absolute atomic E-state index is 0.155. The predicted molar refractivity (Wildman–Crippen MR) is 83.8 cm³/mol. The number of hydrogen-bond acceptors (Lipinski definition) is 3. The molecule has 4 aliphatic rings. The van der Waals surface area contributed by atoms with E-state index in [4.69, 9.17) is 9.84 Å². The van der Waals surface area contributed by atoms with Crippen LogP contribution in [0.3, 0.4) is 0 Å². The first kappa shape index (κ1) is 15.4. The number of carboxylic acid groups (broad SMARTS) is 1. The molecule has 128 valence electrons. The van der Waals surface area contributed by atoms with Gasteiger partial charge in [-0.1, -0.05) is 0 Å². The van der Waals surface area contributed by atoms with E-state index < -0.39 is 5.97 Å². The van der Waals surface area contributed by atoms with E-state index in [1.807, 2.05) is 0 Å². The SMILES string of the molecule is O=C(O)C1CC2(CC(NC(=O)C3CCC4(CC3)CC4)CCO2)C1. The van der Waals surface area contributed by atoms with Crippen molar-refractivity contribution in [3.8, 4) is 0 Å². The summed E-state index contributed by atoms with van der Waals surface area (Å²) in [6, 6.07) is 0.155. The summed E-state index contributed by atoms with van der Waals surface area (Å²) in [6.45, 7) is 0.630. The number of carboxylic acids is 1. The summed E-state index contributed by atoms with van der Waals surface area (Å²) < 4.78 is 5.86. The van der Waals surface area contributed by atoms with Gasteiger partial charge >= 0.3 is 5.97 Å². The average molecular weight is 321 g/mol. The fourth-order valence-corrected chi connectivity index (χ4v) is 4.94. The molecule has 0 radical (unpaired) electrons. The molecule has 3 aliphatic carbocycles. The van der Waals surface area contributed by atoms with Gasteiger partial charge in [-0.05, 0) is 69.6 Å². The van der Waals surface area contributed by atoms with Gasteiger partial charge in [0.05, 0.1) is 11.5 Å². The lowest BCUT2D eigenvalue weighted by Crippen LogP contribution is -2.57. The molecule has 5 heteroatoms. The second-order valence-corrected chi connectivity index (χ2v) is 8.45. The summed E-state index contributed by atoms with van der Waals surface area (Å²) >= 11 is 0. The average Bonchev–Trinajstić information content (AvgIpc) is 3.24. The zero-order valence-corrected chi connectivity index (χ0v) is 13.7. The summed E-state index contributed by atoms with van der Waals surface area (Å²) in [7, 11) is 0. The number of carbonyl (C=O) groups excluding carboxylic acids is 1. The molecule has 1 unspecified atom stereocenters. The second kappa shape index (κ2) is 5.47. The molecule has 1 amide bonds. The fourth-order valence-electron chi connectivity index (χ4n) is 4.94. The number of nitrogens with one attached hydrogen (secondary N) is 1. The molecule has 1 atom stereocenters. The van der Waals surface area contributed by atoms with Gasteiger partial charge in [-0.2, -0.15) is 0 Å². The minimum atomic E-state index is -0.721. The van der Waals surface area contributed by atoms with E-state index >= 15 is 0 Å². The van der Waals surface area contributed by atoms with E-state index in [-0.39, 0.29) is 29.4 Å². The fraction of sp³-hybridized carbons (Fsp3) is 0.889. The lowest BCUT2D eigenvalue weighted by Gasteiger charge is -2.50. The summed E-state index contributed by atoms with van der Waals surface area (Å²) in [5, 5.41) is 12.3. The van der Waals surface area contributed by atoms with Gasteiger partial charge in [0, 0.05) is 18.6 Å². The lowest BCUT2D eigenvalue weighted by atomic mass is 9.66. The Morgan fingerprint density at radius 2 is 1.65 bits per heavy atom. The zero-order valence-electron chi connectivity index (χ0n) is 13.7. The molecule has 0 aromatic rings. The molecule has 4 fully saturated rings. The molecule has 0 aromatic heterocycles. The minimum Gasteiger partial charge on any atom is -0.481 e. The molecule has 1 saturated heterocycles. The zero-order chi connectivity index (χ0) is 16.1. The molecule has 5 nitrogen and oxygen atoms in total. The van der Waals surface area contributed by atoms with Crippen LogP contribution in [0, 0.1) is 17.3 Å². The van der Waals surface area contributed by atoms with Gasteiger partial charge in [0.1, 0.15) is 0 Å². The van der Waals surface area contributed by atoms with Crippen LogP contribution in [0.1, 0.15) is 64.2 Å². The van der Waals surface area contributed by atoms with Gasteiger partial charge < -0.3 is 15.2 Å². The summed E-state index contributed by atoms with van der Waals surface area (Å²) in [4.78, 5) is 23.5. The Balaban J connectivity index is 1.27. The van der Waals surface area contributed by atoms with E-state index in [1.165, 1.54) is 25.7 Å². The number of rotatable bonds is 3. The van der Waals surface area contributed by atoms with Gasteiger partial charge in [0.25, 0.3) is 0 Å². The molecule has 1 heterocycles. The number of carbonyl (C=O) groups is 2. The Hall–Kier alpha value is -1.10. The van der Waals surface area contributed by atoms with Crippen LogP contribution >= 0.6 is 0 Å². The molecule has 2 spiro atoms.